The van der Waals surface area contributed by atoms with Gasteiger partial charge in [-0.1, -0.05) is 0 Å². The molecule has 0 amide bonds. The molecule has 0 saturated heterocycles. The van der Waals surface area contributed by atoms with Crippen LogP contribution in [0.2, 0.25) is 0 Å². The molecule has 0 spiro atoms. The highest BCUT2D eigenvalue weighted by Gasteiger charge is 2.16. The van der Waals surface area contributed by atoms with Gasteiger partial charge in [0.2, 0.25) is 0 Å². The van der Waals surface area contributed by atoms with E-state index in [4.69, 9.17) is 4.74 Å². The third kappa shape index (κ3) is 4.47. The predicted molar refractivity (Wildman–Crippen MR) is 84.5 cm³/mol. The van der Waals surface area contributed by atoms with Crippen LogP contribution in [0.1, 0.15) is 10.4 Å². The Hall–Kier alpha value is -1.11. The molecule has 1 aromatic rings. The van der Waals surface area contributed by atoms with Crippen LogP contribution in [0.25, 0.3) is 0 Å². The van der Waals surface area contributed by atoms with E-state index in [9.17, 15) is 0 Å². The fourth-order valence-corrected chi connectivity index (χ4v) is 3.21. The highest BCUT2D eigenvalue weighted by Crippen LogP contribution is 2.23. The van der Waals surface area contributed by atoms with Crippen molar-refractivity contribution >= 4 is 17.3 Å². The molecule has 0 fully saturated rings. The van der Waals surface area contributed by atoms with Crippen molar-refractivity contribution < 1.29 is 4.74 Å². The first-order chi connectivity index (χ1) is 9.83. The second-order valence-corrected chi connectivity index (χ2v) is 5.81. The minimum absolute atomic E-state index is 0.688. The molecule has 6 heteroatoms. The Bertz CT molecular complexity index is 433. The van der Waals surface area contributed by atoms with Gasteiger partial charge in [0.1, 0.15) is 0 Å². The molecule has 20 heavy (non-hydrogen) atoms. The Morgan fingerprint density at radius 3 is 3.10 bits per heavy atom. The molecular formula is C14H24N4OS. The monoisotopic (exact) mass is 296 g/mol. The fourth-order valence-electron chi connectivity index (χ4n) is 2.32. The summed E-state index contributed by atoms with van der Waals surface area (Å²) in [5.41, 5.74) is 1.50. The van der Waals surface area contributed by atoms with E-state index in [2.05, 4.69) is 32.0 Å². The van der Waals surface area contributed by atoms with Crippen LogP contribution in [0, 0.1) is 0 Å². The van der Waals surface area contributed by atoms with Gasteiger partial charge in [0.05, 0.1) is 6.61 Å². The Kier molecular flexibility index (Phi) is 6.29. The fraction of sp³-hybridized carbons (Fsp3) is 0.643. The lowest BCUT2D eigenvalue weighted by atomic mass is 10.1. The minimum atomic E-state index is 0.688. The highest BCUT2D eigenvalue weighted by atomic mass is 32.1. The van der Waals surface area contributed by atoms with Crippen LogP contribution in [0.15, 0.2) is 16.4 Å². The third-order valence-corrected chi connectivity index (χ3v) is 4.45. The molecule has 0 aromatic carbocycles. The molecule has 0 atom stereocenters. The summed E-state index contributed by atoms with van der Waals surface area (Å²) < 4.78 is 5.01. The van der Waals surface area contributed by atoms with Crippen LogP contribution < -0.4 is 10.6 Å². The molecule has 1 aliphatic heterocycles. The summed E-state index contributed by atoms with van der Waals surface area (Å²) in [7, 11) is 3.49. The summed E-state index contributed by atoms with van der Waals surface area (Å²) in [6.07, 6.45) is 1.19. The van der Waals surface area contributed by atoms with Gasteiger partial charge in [-0.25, -0.2) is 0 Å². The van der Waals surface area contributed by atoms with E-state index in [0.29, 0.717) is 6.61 Å². The highest BCUT2D eigenvalue weighted by molar-refractivity contribution is 7.10. The SMILES string of the molecule is CN=C(NCCOC)NCCN1CCc2sccc2C1. The lowest BCUT2D eigenvalue weighted by Crippen LogP contribution is -2.43. The number of nitrogens with zero attached hydrogens (tertiary/aromatic N) is 2. The number of thiophene rings is 1. The van der Waals surface area contributed by atoms with Gasteiger partial charge >= 0.3 is 0 Å². The van der Waals surface area contributed by atoms with Gasteiger partial charge in [-0.3, -0.25) is 9.89 Å². The largest absolute Gasteiger partial charge is 0.383 e. The Morgan fingerprint density at radius 2 is 2.30 bits per heavy atom. The van der Waals surface area contributed by atoms with Crippen molar-refractivity contribution in [3.8, 4) is 0 Å². The Balaban J connectivity index is 1.66. The number of hydrogen-bond acceptors (Lipinski definition) is 4. The van der Waals surface area contributed by atoms with Crippen LogP contribution in [-0.4, -0.2) is 57.8 Å². The summed E-state index contributed by atoms with van der Waals surface area (Å²) in [6, 6.07) is 2.25. The summed E-state index contributed by atoms with van der Waals surface area (Å²) in [5.74, 6) is 0.843. The molecule has 1 aromatic heterocycles. The minimum Gasteiger partial charge on any atom is -0.383 e. The maximum Gasteiger partial charge on any atom is 0.191 e. The second kappa shape index (κ2) is 8.24. The van der Waals surface area contributed by atoms with E-state index < -0.39 is 0 Å². The van der Waals surface area contributed by atoms with Gasteiger partial charge in [-0.2, -0.15) is 0 Å². The van der Waals surface area contributed by atoms with Crippen molar-refractivity contribution in [2.75, 3.05) is 46.9 Å². The maximum absolute atomic E-state index is 5.01. The van der Waals surface area contributed by atoms with Gasteiger partial charge in [-0.05, 0) is 23.4 Å². The van der Waals surface area contributed by atoms with E-state index in [1.807, 2.05) is 11.3 Å². The number of rotatable bonds is 6. The quantitative estimate of drug-likeness (QED) is 0.465. The molecule has 0 unspecified atom stereocenters. The van der Waals surface area contributed by atoms with Crippen LogP contribution in [0.5, 0.6) is 0 Å². The summed E-state index contributed by atoms with van der Waals surface area (Å²) in [6.45, 7) is 5.65. The Morgan fingerprint density at radius 1 is 1.45 bits per heavy atom. The number of aliphatic imine (C=N–C) groups is 1. The molecule has 0 bridgehead atoms. The zero-order chi connectivity index (χ0) is 14.2. The average Bonchev–Trinajstić information content (AvgIpc) is 2.93. The van der Waals surface area contributed by atoms with Gasteiger partial charge in [0, 0.05) is 51.8 Å². The van der Waals surface area contributed by atoms with Crippen molar-refractivity contribution in [3.05, 3.63) is 21.9 Å². The van der Waals surface area contributed by atoms with E-state index in [-0.39, 0.29) is 0 Å². The number of hydrogen-bond donors (Lipinski definition) is 2. The van der Waals surface area contributed by atoms with Crippen LogP contribution >= 0.6 is 11.3 Å². The topological polar surface area (TPSA) is 48.9 Å². The maximum atomic E-state index is 5.01. The summed E-state index contributed by atoms with van der Waals surface area (Å²) in [4.78, 5) is 8.24. The van der Waals surface area contributed by atoms with Gasteiger partial charge in [0.25, 0.3) is 0 Å². The van der Waals surface area contributed by atoms with E-state index in [1.165, 1.54) is 12.0 Å². The van der Waals surface area contributed by atoms with Crippen molar-refractivity contribution in [3.63, 3.8) is 0 Å². The van der Waals surface area contributed by atoms with Crippen molar-refractivity contribution in [1.29, 1.82) is 0 Å². The second-order valence-electron chi connectivity index (χ2n) is 4.81. The van der Waals surface area contributed by atoms with Gasteiger partial charge in [0.15, 0.2) is 5.96 Å². The van der Waals surface area contributed by atoms with Crippen molar-refractivity contribution in [2.45, 2.75) is 13.0 Å². The lowest BCUT2D eigenvalue weighted by Gasteiger charge is -2.27. The third-order valence-electron chi connectivity index (χ3n) is 3.43. The van der Waals surface area contributed by atoms with E-state index >= 15 is 0 Å². The molecule has 0 saturated carbocycles. The smallest absolute Gasteiger partial charge is 0.191 e. The van der Waals surface area contributed by atoms with Gasteiger partial charge < -0.3 is 15.4 Å². The molecule has 5 nitrogen and oxygen atoms in total. The number of methoxy groups -OCH3 is 1. The molecule has 0 aliphatic carbocycles. The van der Waals surface area contributed by atoms with Crippen molar-refractivity contribution in [1.82, 2.24) is 15.5 Å². The van der Waals surface area contributed by atoms with E-state index in [0.717, 1.165) is 38.7 Å². The molecule has 1 aliphatic rings. The number of ether oxygens (including phenoxy) is 1. The molecule has 2 rings (SSSR count). The summed E-state index contributed by atoms with van der Waals surface area (Å²) >= 11 is 1.89. The van der Waals surface area contributed by atoms with Crippen LogP contribution in [0.4, 0.5) is 0 Å². The molecule has 2 heterocycles. The first kappa shape index (κ1) is 15.3. The molecule has 0 radical (unpaired) electrons. The average molecular weight is 296 g/mol. The first-order valence-electron chi connectivity index (χ1n) is 7.04. The number of guanidine groups is 1. The van der Waals surface area contributed by atoms with Crippen molar-refractivity contribution in [2.24, 2.45) is 4.99 Å². The zero-order valence-electron chi connectivity index (χ0n) is 12.3. The predicted octanol–water partition coefficient (Wildman–Crippen LogP) is 0.918. The summed E-state index contributed by atoms with van der Waals surface area (Å²) in [5, 5.41) is 8.76. The standard InChI is InChI=1S/C14H24N4OS/c1-15-14(17-6-9-19-2)16-5-8-18-7-3-13-12(11-18)4-10-20-13/h4,10H,3,5-9,11H2,1-2H3,(H2,15,16,17). The molecule has 112 valence electrons. The molecular weight excluding hydrogens is 272 g/mol. The Labute approximate surface area is 125 Å². The van der Waals surface area contributed by atoms with Gasteiger partial charge in [-0.15, -0.1) is 11.3 Å². The molecule has 2 N–H and O–H groups in total. The van der Waals surface area contributed by atoms with Crippen LogP contribution in [0.3, 0.4) is 0 Å². The van der Waals surface area contributed by atoms with E-state index in [1.54, 1.807) is 19.0 Å². The van der Waals surface area contributed by atoms with Crippen LogP contribution in [-0.2, 0) is 17.7 Å². The zero-order valence-corrected chi connectivity index (χ0v) is 13.1. The number of nitrogens with one attached hydrogen (secondary N) is 2. The number of fused-ring (bicyclic) bond motifs is 1. The normalized spacial score (nSPS) is 16.0. The lowest BCUT2D eigenvalue weighted by molar-refractivity contribution is 0.203. The first-order valence-corrected chi connectivity index (χ1v) is 7.92.